The average Bonchev–Trinajstić information content (AvgIpc) is 2.27. The van der Waals surface area contributed by atoms with Gasteiger partial charge in [0.2, 0.25) is 10.0 Å². The molecule has 98 valence electrons. The maximum atomic E-state index is 12.1. The van der Waals surface area contributed by atoms with Crippen LogP contribution in [0, 0.1) is 11.3 Å². The van der Waals surface area contributed by atoms with Crippen molar-refractivity contribution < 1.29 is 8.42 Å². The molecule has 1 aromatic rings. The molecule has 0 atom stereocenters. The second-order valence-electron chi connectivity index (χ2n) is 4.60. The molecule has 0 fully saturated rings. The summed E-state index contributed by atoms with van der Waals surface area (Å²) in [6, 6.07) is 5.94. The van der Waals surface area contributed by atoms with E-state index in [-0.39, 0.29) is 15.5 Å². The van der Waals surface area contributed by atoms with Gasteiger partial charge in [0.25, 0.3) is 0 Å². The van der Waals surface area contributed by atoms with Crippen molar-refractivity contribution in [3.63, 3.8) is 0 Å². The van der Waals surface area contributed by atoms with E-state index in [1.807, 2.05) is 13.0 Å². The van der Waals surface area contributed by atoms with Crippen molar-refractivity contribution >= 4 is 21.6 Å². The highest BCUT2D eigenvalue weighted by Gasteiger charge is 2.24. The summed E-state index contributed by atoms with van der Waals surface area (Å²) in [5, 5.41) is 8.87. The quantitative estimate of drug-likeness (QED) is 0.925. The van der Waals surface area contributed by atoms with Crippen molar-refractivity contribution in [2.24, 2.45) is 0 Å². The first-order chi connectivity index (χ1) is 8.22. The molecule has 1 N–H and O–H groups in total. The average molecular weight is 287 g/mol. The molecule has 0 aromatic heterocycles. The molecule has 0 radical (unpaired) electrons. The van der Waals surface area contributed by atoms with Crippen LogP contribution in [0.5, 0.6) is 0 Å². The van der Waals surface area contributed by atoms with Crippen LogP contribution in [0.4, 0.5) is 0 Å². The number of nitrogens with zero attached hydrogens (tertiary/aromatic N) is 1. The van der Waals surface area contributed by atoms with E-state index in [1.54, 1.807) is 13.8 Å². The van der Waals surface area contributed by atoms with Gasteiger partial charge < -0.3 is 0 Å². The van der Waals surface area contributed by atoms with Gasteiger partial charge in [-0.05, 0) is 38.5 Å². The summed E-state index contributed by atoms with van der Waals surface area (Å²) >= 11 is 5.83. The first-order valence-corrected chi connectivity index (χ1v) is 7.31. The lowest BCUT2D eigenvalue weighted by molar-refractivity contribution is 0.439. The second-order valence-corrected chi connectivity index (χ2v) is 6.69. The smallest absolute Gasteiger partial charge is 0.207 e. The molecule has 0 aliphatic heterocycles. The Morgan fingerprint density at radius 3 is 2.50 bits per heavy atom. The van der Waals surface area contributed by atoms with Crippen molar-refractivity contribution in [2.75, 3.05) is 0 Å². The Labute approximate surface area is 113 Å². The highest BCUT2D eigenvalue weighted by molar-refractivity contribution is 7.89. The Morgan fingerprint density at radius 2 is 2.06 bits per heavy atom. The zero-order valence-corrected chi connectivity index (χ0v) is 12.1. The predicted octanol–water partition coefficient (Wildman–Crippen LogP) is 2.68. The molecule has 0 aliphatic carbocycles. The molecule has 1 aromatic carbocycles. The van der Waals surface area contributed by atoms with Gasteiger partial charge in [0.1, 0.15) is 6.07 Å². The minimum absolute atomic E-state index is 0.0630. The van der Waals surface area contributed by atoms with Crippen LogP contribution in [0.2, 0.25) is 5.02 Å². The SMILES string of the molecule is CCC(C)(C)NS(=O)(=O)c1ccc(C#N)c(Cl)c1. The van der Waals surface area contributed by atoms with Crippen LogP contribution >= 0.6 is 11.6 Å². The van der Waals surface area contributed by atoms with Crippen LogP contribution in [-0.4, -0.2) is 14.0 Å². The first-order valence-electron chi connectivity index (χ1n) is 5.45. The highest BCUT2D eigenvalue weighted by Crippen LogP contribution is 2.21. The molecule has 0 aliphatic rings. The van der Waals surface area contributed by atoms with Crippen molar-refractivity contribution in [2.45, 2.75) is 37.6 Å². The zero-order valence-electron chi connectivity index (χ0n) is 10.5. The van der Waals surface area contributed by atoms with Crippen LogP contribution < -0.4 is 4.72 Å². The van der Waals surface area contributed by atoms with E-state index in [1.165, 1.54) is 18.2 Å². The first kappa shape index (κ1) is 15.0. The maximum absolute atomic E-state index is 12.1. The van der Waals surface area contributed by atoms with E-state index < -0.39 is 15.6 Å². The van der Waals surface area contributed by atoms with Crippen LogP contribution in [-0.2, 0) is 10.0 Å². The van der Waals surface area contributed by atoms with Gasteiger partial charge in [-0.1, -0.05) is 18.5 Å². The molecule has 0 saturated heterocycles. The zero-order chi connectivity index (χ0) is 14.0. The predicted molar refractivity (Wildman–Crippen MR) is 70.9 cm³/mol. The van der Waals surface area contributed by atoms with E-state index in [9.17, 15) is 8.42 Å². The van der Waals surface area contributed by atoms with Gasteiger partial charge in [-0.3, -0.25) is 0 Å². The van der Waals surface area contributed by atoms with Crippen LogP contribution in [0.1, 0.15) is 32.8 Å². The fourth-order valence-corrected chi connectivity index (χ4v) is 3.05. The normalized spacial score (nSPS) is 12.2. The van der Waals surface area contributed by atoms with Crippen LogP contribution in [0.15, 0.2) is 23.1 Å². The number of hydrogen-bond acceptors (Lipinski definition) is 3. The molecule has 0 bridgehead atoms. The van der Waals surface area contributed by atoms with Gasteiger partial charge in [-0.25, -0.2) is 13.1 Å². The van der Waals surface area contributed by atoms with E-state index in [0.29, 0.717) is 6.42 Å². The molecule has 0 heterocycles. The van der Waals surface area contributed by atoms with Gasteiger partial charge in [0.15, 0.2) is 0 Å². The van der Waals surface area contributed by atoms with E-state index in [4.69, 9.17) is 16.9 Å². The Balaban J connectivity index is 3.15. The van der Waals surface area contributed by atoms with Gasteiger partial charge in [0, 0.05) is 5.54 Å². The van der Waals surface area contributed by atoms with Gasteiger partial charge in [0.05, 0.1) is 15.5 Å². The minimum atomic E-state index is -3.62. The molecule has 0 amide bonds. The van der Waals surface area contributed by atoms with Crippen molar-refractivity contribution in [1.29, 1.82) is 5.26 Å². The third-order valence-corrected chi connectivity index (χ3v) is 4.67. The number of benzene rings is 1. The number of nitriles is 1. The summed E-state index contributed by atoms with van der Waals surface area (Å²) in [5.74, 6) is 0. The standard InChI is InChI=1S/C12H15ClN2O2S/c1-4-12(2,3)15-18(16,17)10-6-5-9(8-14)11(13)7-10/h5-7,15H,4H2,1-3H3. The van der Waals surface area contributed by atoms with Gasteiger partial charge in [-0.15, -0.1) is 0 Å². The third kappa shape index (κ3) is 3.45. The van der Waals surface area contributed by atoms with E-state index in [2.05, 4.69) is 4.72 Å². The fourth-order valence-electron chi connectivity index (χ4n) is 1.25. The largest absolute Gasteiger partial charge is 0.241 e. The Hall–Kier alpha value is -1.09. The summed E-state index contributed by atoms with van der Waals surface area (Å²) in [6.45, 7) is 5.50. The summed E-state index contributed by atoms with van der Waals surface area (Å²) < 4.78 is 26.8. The molecule has 0 saturated carbocycles. The molecule has 6 heteroatoms. The monoisotopic (exact) mass is 286 g/mol. The Kier molecular flexibility index (Phi) is 4.38. The fraction of sp³-hybridized carbons (Fsp3) is 0.417. The molecule has 1 rings (SSSR count). The summed E-state index contributed by atoms with van der Waals surface area (Å²) in [5.41, 5.74) is -0.274. The second kappa shape index (κ2) is 5.27. The summed E-state index contributed by atoms with van der Waals surface area (Å²) in [6.07, 6.45) is 0.663. The third-order valence-electron chi connectivity index (χ3n) is 2.67. The summed E-state index contributed by atoms with van der Waals surface area (Å²) in [4.78, 5) is 0.0630. The lowest BCUT2D eigenvalue weighted by Crippen LogP contribution is -2.42. The molecular formula is C12H15ClN2O2S. The maximum Gasteiger partial charge on any atom is 0.241 e. The lowest BCUT2D eigenvalue weighted by Gasteiger charge is -2.24. The van der Waals surface area contributed by atoms with Crippen molar-refractivity contribution in [1.82, 2.24) is 4.72 Å². The molecule has 0 unspecified atom stereocenters. The number of halogens is 1. The summed E-state index contributed by atoms with van der Waals surface area (Å²) in [7, 11) is -3.62. The molecule has 18 heavy (non-hydrogen) atoms. The number of nitrogens with one attached hydrogen (secondary N) is 1. The highest BCUT2D eigenvalue weighted by atomic mass is 35.5. The lowest BCUT2D eigenvalue weighted by atomic mass is 10.0. The van der Waals surface area contributed by atoms with E-state index in [0.717, 1.165) is 0 Å². The topological polar surface area (TPSA) is 70.0 Å². The van der Waals surface area contributed by atoms with Crippen molar-refractivity contribution in [3.05, 3.63) is 28.8 Å². The van der Waals surface area contributed by atoms with Crippen molar-refractivity contribution in [3.8, 4) is 6.07 Å². The molecular weight excluding hydrogens is 272 g/mol. The molecule has 4 nitrogen and oxygen atoms in total. The van der Waals surface area contributed by atoms with Crippen LogP contribution in [0.25, 0.3) is 0 Å². The minimum Gasteiger partial charge on any atom is -0.207 e. The molecule has 0 spiro atoms. The number of sulfonamides is 1. The van der Waals surface area contributed by atoms with Crippen LogP contribution in [0.3, 0.4) is 0 Å². The number of rotatable bonds is 4. The number of hydrogen-bond donors (Lipinski definition) is 1. The Morgan fingerprint density at radius 1 is 1.44 bits per heavy atom. The van der Waals surface area contributed by atoms with Gasteiger partial charge in [-0.2, -0.15) is 5.26 Å². The van der Waals surface area contributed by atoms with Gasteiger partial charge >= 0.3 is 0 Å². The Bertz CT molecular complexity index is 589. The van der Waals surface area contributed by atoms with E-state index >= 15 is 0 Å².